The molecule has 4 rings (SSSR count). The number of esters is 1. The highest BCUT2D eigenvalue weighted by molar-refractivity contribution is 6.30. The Morgan fingerprint density at radius 2 is 1.71 bits per heavy atom. The summed E-state index contributed by atoms with van der Waals surface area (Å²) in [5.41, 5.74) is 2.61. The second-order valence-corrected chi connectivity index (χ2v) is 6.96. The molecule has 0 unspecified atom stereocenters. The van der Waals surface area contributed by atoms with Crippen LogP contribution in [0.15, 0.2) is 54.6 Å². The van der Waals surface area contributed by atoms with Gasteiger partial charge < -0.3 is 10.1 Å². The van der Waals surface area contributed by atoms with Gasteiger partial charge in [-0.1, -0.05) is 41.9 Å². The van der Waals surface area contributed by atoms with Crippen molar-refractivity contribution in [2.45, 2.75) is 6.92 Å². The summed E-state index contributed by atoms with van der Waals surface area (Å²) in [6, 6.07) is 15.4. The Hall–Kier alpha value is -3.98. The minimum absolute atomic E-state index is 0.114. The summed E-state index contributed by atoms with van der Waals surface area (Å²) in [7, 11) is 1.29. The van der Waals surface area contributed by atoms with Crippen LogP contribution in [0, 0.1) is 6.92 Å². The minimum atomic E-state index is -0.595. The SMILES string of the molecule is COC(=O)c1nc2nnc(NC(=O)Nc3ccc(Cl)cc3)n2c(C)c1-c1ccccc1. The molecule has 0 atom stereocenters. The number of ether oxygens (including phenoxy) is 1. The largest absolute Gasteiger partial charge is 0.464 e. The highest BCUT2D eigenvalue weighted by Gasteiger charge is 2.23. The van der Waals surface area contributed by atoms with E-state index in [1.807, 2.05) is 30.3 Å². The van der Waals surface area contributed by atoms with E-state index in [2.05, 4.69) is 25.8 Å². The fourth-order valence-corrected chi connectivity index (χ4v) is 3.30. The fourth-order valence-electron chi connectivity index (χ4n) is 3.17. The number of halogens is 1. The van der Waals surface area contributed by atoms with Crippen LogP contribution in [0.3, 0.4) is 0 Å². The molecule has 9 nitrogen and oxygen atoms in total. The van der Waals surface area contributed by atoms with E-state index in [1.165, 1.54) is 7.11 Å². The minimum Gasteiger partial charge on any atom is -0.464 e. The van der Waals surface area contributed by atoms with Gasteiger partial charge in [-0.05, 0) is 36.8 Å². The number of urea groups is 1. The molecule has 2 amide bonds. The summed E-state index contributed by atoms with van der Waals surface area (Å²) < 4.78 is 6.47. The zero-order valence-corrected chi connectivity index (χ0v) is 17.3. The number of nitrogens with one attached hydrogen (secondary N) is 2. The molecule has 0 radical (unpaired) electrons. The van der Waals surface area contributed by atoms with Crippen molar-refractivity contribution in [3.63, 3.8) is 0 Å². The number of benzene rings is 2. The Labute approximate surface area is 182 Å². The number of fused-ring (bicyclic) bond motifs is 1. The van der Waals surface area contributed by atoms with Crippen molar-refractivity contribution < 1.29 is 14.3 Å². The Bertz CT molecular complexity index is 1270. The Morgan fingerprint density at radius 3 is 2.39 bits per heavy atom. The van der Waals surface area contributed by atoms with Gasteiger partial charge in [0.15, 0.2) is 5.69 Å². The Balaban J connectivity index is 1.75. The third-order valence-corrected chi connectivity index (χ3v) is 4.81. The summed E-state index contributed by atoms with van der Waals surface area (Å²) in [6.07, 6.45) is 0. The van der Waals surface area contributed by atoms with Gasteiger partial charge in [-0.15, -0.1) is 10.2 Å². The molecular weight excluding hydrogens is 420 g/mol. The van der Waals surface area contributed by atoms with Gasteiger partial charge in [0.1, 0.15) is 0 Å². The van der Waals surface area contributed by atoms with E-state index >= 15 is 0 Å². The standard InChI is InChI=1S/C21H17ClN6O3/c1-12-16(13-6-4-3-5-7-13)17(18(29)31-2)24-19-26-27-20(28(12)19)25-21(30)23-15-10-8-14(22)9-11-15/h3-11H,1-2H3,(H2,23,25,27,30). The van der Waals surface area contributed by atoms with Gasteiger partial charge in [-0.2, -0.15) is 0 Å². The number of rotatable bonds is 4. The van der Waals surface area contributed by atoms with Crippen LogP contribution in [-0.2, 0) is 4.74 Å². The molecule has 10 heteroatoms. The van der Waals surface area contributed by atoms with E-state index in [-0.39, 0.29) is 17.4 Å². The fraction of sp³-hybridized carbons (Fsp3) is 0.0952. The summed E-state index contributed by atoms with van der Waals surface area (Å²) in [5, 5.41) is 13.9. The van der Waals surface area contributed by atoms with Gasteiger partial charge in [0.2, 0.25) is 5.95 Å². The normalized spacial score (nSPS) is 10.7. The zero-order valence-electron chi connectivity index (χ0n) is 16.6. The van der Waals surface area contributed by atoms with E-state index < -0.39 is 12.0 Å². The van der Waals surface area contributed by atoms with Crippen molar-refractivity contribution in [1.82, 2.24) is 19.6 Å². The maximum atomic E-state index is 12.5. The summed E-state index contributed by atoms with van der Waals surface area (Å²) in [4.78, 5) is 29.2. The Kier molecular flexibility index (Phi) is 5.50. The number of aryl methyl sites for hydroxylation is 1. The highest BCUT2D eigenvalue weighted by atomic mass is 35.5. The van der Waals surface area contributed by atoms with E-state index in [4.69, 9.17) is 16.3 Å². The van der Waals surface area contributed by atoms with E-state index in [0.717, 1.165) is 5.56 Å². The van der Waals surface area contributed by atoms with Gasteiger partial charge in [0.25, 0.3) is 5.78 Å². The lowest BCUT2D eigenvalue weighted by Crippen LogP contribution is -2.21. The van der Waals surface area contributed by atoms with Crippen LogP contribution in [-0.4, -0.2) is 38.7 Å². The van der Waals surface area contributed by atoms with Crippen molar-refractivity contribution in [2.75, 3.05) is 17.7 Å². The number of methoxy groups -OCH3 is 1. The maximum Gasteiger partial charge on any atom is 0.357 e. The van der Waals surface area contributed by atoms with Crippen LogP contribution >= 0.6 is 11.6 Å². The summed E-state index contributed by atoms with van der Waals surface area (Å²) in [6.45, 7) is 1.79. The molecule has 2 aromatic heterocycles. The molecule has 2 heterocycles. The lowest BCUT2D eigenvalue weighted by molar-refractivity contribution is 0.0595. The van der Waals surface area contributed by atoms with Crippen molar-refractivity contribution in [3.8, 4) is 11.1 Å². The first kappa shape index (κ1) is 20.3. The number of aromatic nitrogens is 4. The molecule has 2 N–H and O–H groups in total. The van der Waals surface area contributed by atoms with Gasteiger partial charge >= 0.3 is 12.0 Å². The number of nitrogens with zero attached hydrogens (tertiary/aromatic N) is 4. The van der Waals surface area contributed by atoms with Crippen molar-refractivity contribution >= 4 is 41.0 Å². The average Bonchev–Trinajstić information content (AvgIpc) is 3.18. The molecule has 2 aromatic carbocycles. The smallest absolute Gasteiger partial charge is 0.357 e. The van der Waals surface area contributed by atoms with Gasteiger partial charge in [-0.25, -0.2) is 19.0 Å². The summed E-state index contributed by atoms with van der Waals surface area (Å²) >= 11 is 5.87. The highest BCUT2D eigenvalue weighted by Crippen LogP contribution is 2.29. The first-order valence-electron chi connectivity index (χ1n) is 9.21. The van der Waals surface area contributed by atoms with Gasteiger partial charge in [-0.3, -0.25) is 5.32 Å². The predicted octanol–water partition coefficient (Wildman–Crippen LogP) is 4.18. The predicted molar refractivity (Wildman–Crippen MR) is 116 cm³/mol. The van der Waals surface area contributed by atoms with Crippen LogP contribution in [0.25, 0.3) is 16.9 Å². The molecule has 31 heavy (non-hydrogen) atoms. The monoisotopic (exact) mass is 436 g/mol. The first-order valence-corrected chi connectivity index (χ1v) is 9.58. The molecule has 0 aliphatic heterocycles. The maximum absolute atomic E-state index is 12.5. The quantitative estimate of drug-likeness (QED) is 0.464. The molecule has 0 bridgehead atoms. The van der Waals surface area contributed by atoms with Crippen LogP contribution in [0.2, 0.25) is 5.02 Å². The third-order valence-electron chi connectivity index (χ3n) is 4.56. The molecule has 4 aromatic rings. The van der Waals surface area contributed by atoms with E-state index in [0.29, 0.717) is 22.0 Å². The molecule has 0 aliphatic carbocycles. The molecule has 0 saturated heterocycles. The lowest BCUT2D eigenvalue weighted by Gasteiger charge is -2.14. The molecule has 0 aliphatic rings. The van der Waals surface area contributed by atoms with Gasteiger partial charge in [0.05, 0.1) is 7.11 Å². The third kappa shape index (κ3) is 4.03. The van der Waals surface area contributed by atoms with Crippen LogP contribution < -0.4 is 10.6 Å². The summed E-state index contributed by atoms with van der Waals surface area (Å²) in [5.74, 6) is -0.290. The number of hydrogen-bond acceptors (Lipinski definition) is 6. The number of carbonyl (C=O) groups is 2. The van der Waals surface area contributed by atoms with E-state index in [9.17, 15) is 9.59 Å². The van der Waals surface area contributed by atoms with E-state index in [1.54, 1.807) is 35.6 Å². The number of hydrogen-bond donors (Lipinski definition) is 2. The van der Waals surface area contributed by atoms with Crippen LogP contribution in [0.4, 0.5) is 16.4 Å². The van der Waals surface area contributed by atoms with Gasteiger partial charge in [0, 0.05) is 22.0 Å². The number of amides is 2. The second kappa shape index (κ2) is 8.41. The number of anilines is 2. The molecule has 0 fully saturated rings. The molecule has 0 saturated carbocycles. The van der Waals surface area contributed by atoms with Crippen LogP contribution in [0.1, 0.15) is 16.2 Å². The molecule has 156 valence electrons. The second-order valence-electron chi connectivity index (χ2n) is 6.52. The lowest BCUT2D eigenvalue weighted by atomic mass is 10.0. The zero-order chi connectivity index (χ0) is 22.0. The van der Waals surface area contributed by atoms with Crippen molar-refractivity contribution in [3.05, 3.63) is 71.0 Å². The molecule has 0 spiro atoms. The topological polar surface area (TPSA) is 111 Å². The van der Waals surface area contributed by atoms with Crippen LogP contribution in [0.5, 0.6) is 0 Å². The Morgan fingerprint density at radius 1 is 1.00 bits per heavy atom. The van der Waals surface area contributed by atoms with Crippen molar-refractivity contribution in [2.24, 2.45) is 0 Å². The molecular formula is C21H17ClN6O3. The van der Waals surface area contributed by atoms with Crippen molar-refractivity contribution in [1.29, 1.82) is 0 Å². The average molecular weight is 437 g/mol. The first-order chi connectivity index (χ1) is 15.0. The number of carbonyl (C=O) groups excluding carboxylic acids is 2.